The van der Waals surface area contributed by atoms with Crippen molar-refractivity contribution in [3.05, 3.63) is 21.9 Å². The van der Waals surface area contributed by atoms with Crippen molar-refractivity contribution < 1.29 is 9.53 Å². The van der Waals surface area contributed by atoms with Gasteiger partial charge in [-0.15, -0.1) is 11.3 Å². The normalized spacial score (nSPS) is 20.0. The second-order valence-electron chi connectivity index (χ2n) is 3.58. The third-order valence-corrected chi connectivity index (χ3v) is 2.84. The number of esters is 1. The van der Waals surface area contributed by atoms with Crippen LogP contribution in [0.25, 0.3) is 0 Å². The summed E-state index contributed by atoms with van der Waals surface area (Å²) in [6.07, 6.45) is 0.839. The van der Waals surface area contributed by atoms with E-state index < -0.39 is 0 Å². The highest BCUT2D eigenvalue weighted by Crippen LogP contribution is 2.30. The molecule has 3 heteroatoms. The Labute approximate surface area is 75.2 Å². The van der Waals surface area contributed by atoms with Gasteiger partial charge in [0.15, 0.2) is 0 Å². The third kappa shape index (κ3) is 1.14. The van der Waals surface area contributed by atoms with Gasteiger partial charge in [0.2, 0.25) is 0 Å². The summed E-state index contributed by atoms with van der Waals surface area (Å²) in [5, 5.41) is 1.94. The van der Waals surface area contributed by atoms with Crippen LogP contribution >= 0.6 is 11.3 Å². The van der Waals surface area contributed by atoms with E-state index in [1.165, 1.54) is 0 Å². The van der Waals surface area contributed by atoms with Crippen LogP contribution in [0.15, 0.2) is 11.4 Å². The molecular weight excluding hydrogens is 172 g/mol. The fraction of sp³-hybridized carbons (Fsp3) is 0.444. The molecule has 0 fully saturated rings. The van der Waals surface area contributed by atoms with Gasteiger partial charge in [0.05, 0.1) is 5.56 Å². The van der Waals surface area contributed by atoms with E-state index in [1.54, 1.807) is 11.3 Å². The molecule has 2 heterocycles. The van der Waals surface area contributed by atoms with Crippen LogP contribution in [0.4, 0.5) is 0 Å². The molecule has 0 spiro atoms. The van der Waals surface area contributed by atoms with E-state index >= 15 is 0 Å². The lowest BCUT2D eigenvalue weighted by Gasteiger charge is -2.28. The molecule has 0 amide bonds. The Kier molecular flexibility index (Phi) is 1.51. The number of rotatable bonds is 0. The molecule has 0 unspecified atom stereocenters. The Morgan fingerprint density at radius 3 is 3.08 bits per heavy atom. The zero-order valence-electron chi connectivity index (χ0n) is 7.09. The molecule has 64 valence electrons. The van der Waals surface area contributed by atoms with Crippen LogP contribution in [0.2, 0.25) is 0 Å². The van der Waals surface area contributed by atoms with E-state index in [1.807, 2.05) is 25.3 Å². The third-order valence-electron chi connectivity index (χ3n) is 1.92. The van der Waals surface area contributed by atoms with Crippen LogP contribution in [-0.2, 0) is 11.2 Å². The first-order chi connectivity index (χ1) is 5.58. The zero-order chi connectivity index (χ0) is 8.77. The van der Waals surface area contributed by atoms with E-state index in [4.69, 9.17) is 4.74 Å². The van der Waals surface area contributed by atoms with E-state index in [2.05, 4.69) is 0 Å². The summed E-state index contributed by atoms with van der Waals surface area (Å²) in [5.41, 5.74) is 0.425. The summed E-state index contributed by atoms with van der Waals surface area (Å²) >= 11 is 1.63. The molecule has 1 aliphatic heterocycles. The van der Waals surface area contributed by atoms with Gasteiger partial charge in [0.1, 0.15) is 5.60 Å². The molecule has 1 aromatic rings. The number of carbonyl (C=O) groups is 1. The minimum Gasteiger partial charge on any atom is -0.456 e. The van der Waals surface area contributed by atoms with Crippen molar-refractivity contribution in [1.82, 2.24) is 0 Å². The second-order valence-corrected chi connectivity index (χ2v) is 4.58. The van der Waals surface area contributed by atoms with Crippen molar-refractivity contribution in [2.24, 2.45) is 0 Å². The summed E-state index contributed by atoms with van der Waals surface area (Å²) in [4.78, 5) is 12.5. The van der Waals surface area contributed by atoms with Gasteiger partial charge in [-0.1, -0.05) is 0 Å². The zero-order valence-corrected chi connectivity index (χ0v) is 7.90. The first-order valence-corrected chi connectivity index (χ1v) is 4.76. The maximum atomic E-state index is 11.3. The lowest BCUT2D eigenvalue weighted by molar-refractivity contribution is -0.00579. The van der Waals surface area contributed by atoms with Crippen molar-refractivity contribution in [2.45, 2.75) is 25.9 Å². The quantitative estimate of drug-likeness (QED) is 0.575. The molecule has 1 aliphatic rings. The van der Waals surface area contributed by atoms with Crippen molar-refractivity contribution in [1.29, 1.82) is 0 Å². The number of hydrogen-bond acceptors (Lipinski definition) is 3. The average molecular weight is 182 g/mol. The van der Waals surface area contributed by atoms with Crippen molar-refractivity contribution >= 4 is 17.3 Å². The number of carbonyl (C=O) groups excluding carboxylic acids is 1. The molecule has 0 bridgehead atoms. The molecule has 0 aliphatic carbocycles. The molecule has 2 rings (SSSR count). The fourth-order valence-corrected chi connectivity index (χ4v) is 2.47. The molecule has 12 heavy (non-hydrogen) atoms. The summed E-state index contributed by atoms with van der Waals surface area (Å²) in [7, 11) is 0. The van der Waals surface area contributed by atoms with Crippen LogP contribution in [0, 0.1) is 0 Å². The lowest BCUT2D eigenvalue weighted by atomic mass is 9.98. The number of ether oxygens (including phenoxy) is 1. The minimum absolute atomic E-state index is 0.178. The van der Waals surface area contributed by atoms with Gasteiger partial charge in [-0.3, -0.25) is 0 Å². The standard InChI is InChI=1S/C9H10O2S/c1-9(2)5-7-6(3-4-12-7)8(10)11-9/h3-4H,5H2,1-2H3. The second kappa shape index (κ2) is 2.33. The minimum atomic E-state index is -0.324. The monoisotopic (exact) mass is 182 g/mol. The summed E-state index contributed by atoms with van der Waals surface area (Å²) in [5.74, 6) is -0.178. The number of hydrogen-bond donors (Lipinski definition) is 0. The van der Waals surface area contributed by atoms with Crippen LogP contribution in [0.3, 0.4) is 0 Å². The van der Waals surface area contributed by atoms with Crippen molar-refractivity contribution in [2.75, 3.05) is 0 Å². The summed E-state index contributed by atoms with van der Waals surface area (Å²) in [6, 6.07) is 1.83. The Balaban J connectivity index is 2.45. The highest BCUT2D eigenvalue weighted by Gasteiger charge is 2.32. The van der Waals surface area contributed by atoms with E-state index in [0.29, 0.717) is 0 Å². The van der Waals surface area contributed by atoms with E-state index in [9.17, 15) is 4.79 Å². The first-order valence-electron chi connectivity index (χ1n) is 3.88. The maximum Gasteiger partial charge on any atom is 0.339 e. The summed E-state index contributed by atoms with van der Waals surface area (Å²) < 4.78 is 5.23. The number of thiophene rings is 1. The van der Waals surface area contributed by atoms with Gasteiger partial charge < -0.3 is 4.74 Å². The molecule has 0 saturated carbocycles. The van der Waals surface area contributed by atoms with Crippen LogP contribution in [-0.4, -0.2) is 11.6 Å². The van der Waals surface area contributed by atoms with Gasteiger partial charge in [-0.2, -0.15) is 0 Å². The topological polar surface area (TPSA) is 26.3 Å². The Hall–Kier alpha value is -0.830. The Morgan fingerprint density at radius 1 is 1.58 bits per heavy atom. The van der Waals surface area contributed by atoms with E-state index in [0.717, 1.165) is 16.9 Å². The predicted molar refractivity (Wildman–Crippen MR) is 47.5 cm³/mol. The summed E-state index contributed by atoms with van der Waals surface area (Å²) in [6.45, 7) is 3.88. The number of fused-ring (bicyclic) bond motifs is 1. The maximum absolute atomic E-state index is 11.3. The highest BCUT2D eigenvalue weighted by atomic mass is 32.1. The molecule has 0 saturated heterocycles. The number of cyclic esters (lactones) is 1. The fourth-order valence-electron chi connectivity index (χ4n) is 1.39. The van der Waals surface area contributed by atoms with Gasteiger partial charge in [-0.25, -0.2) is 4.79 Å². The van der Waals surface area contributed by atoms with Gasteiger partial charge in [0.25, 0.3) is 0 Å². The molecular formula is C9H10O2S. The SMILES string of the molecule is CC1(C)Cc2sccc2C(=O)O1. The van der Waals surface area contributed by atoms with Crippen LogP contribution in [0.5, 0.6) is 0 Å². The molecule has 0 aromatic carbocycles. The molecule has 0 atom stereocenters. The molecule has 0 radical (unpaired) electrons. The van der Waals surface area contributed by atoms with Crippen molar-refractivity contribution in [3.8, 4) is 0 Å². The highest BCUT2D eigenvalue weighted by molar-refractivity contribution is 7.10. The predicted octanol–water partition coefficient (Wildman–Crippen LogP) is 2.24. The molecule has 1 aromatic heterocycles. The average Bonchev–Trinajstić information content (AvgIpc) is 2.31. The van der Waals surface area contributed by atoms with Gasteiger partial charge in [0, 0.05) is 11.3 Å². The largest absolute Gasteiger partial charge is 0.456 e. The molecule has 0 N–H and O–H groups in total. The first kappa shape index (κ1) is 7.80. The Bertz CT molecular complexity index is 325. The lowest BCUT2D eigenvalue weighted by Crippen LogP contribution is -2.34. The van der Waals surface area contributed by atoms with Gasteiger partial charge in [-0.05, 0) is 25.3 Å². The molecule has 2 nitrogen and oxygen atoms in total. The van der Waals surface area contributed by atoms with Crippen molar-refractivity contribution in [3.63, 3.8) is 0 Å². The van der Waals surface area contributed by atoms with Crippen LogP contribution < -0.4 is 0 Å². The van der Waals surface area contributed by atoms with Gasteiger partial charge >= 0.3 is 5.97 Å². The Morgan fingerprint density at radius 2 is 2.33 bits per heavy atom. The van der Waals surface area contributed by atoms with E-state index in [-0.39, 0.29) is 11.6 Å². The smallest absolute Gasteiger partial charge is 0.339 e. The van der Waals surface area contributed by atoms with Crippen LogP contribution in [0.1, 0.15) is 29.1 Å².